The molecule has 1 aromatic heterocycles. The lowest BCUT2D eigenvalue weighted by atomic mass is 9.95. The summed E-state index contributed by atoms with van der Waals surface area (Å²) in [4.78, 5) is 28.7. The van der Waals surface area contributed by atoms with E-state index in [1.807, 2.05) is 55.5 Å². The Labute approximate surface area is 290 Å². The van der Waals surface area contributed by atoms with Crippen LogP contribution in [0.5, 0.6) is 17.2 Å². The highest BCUT2D eigenvalue weighted by atomic mass is 35.5. The molecule has 1 N–H and O–H groups in total. The first-order valence-electron chi connectivity index (χ1n) is 14.8. The van der Waals surface area contributed by atoms with Gasteiger partial charge < -0.3 is 19.3 Å². The second-order valence-corrected chi connectivity index (χ2v) is 13.5. The maximum absolute atomic E-state index is 13.7. The number of nitrogens with zero attached hydrogens (tertiary/aromatic N) is 3. The summed E-state index contributed by atoms with van der Waals surface area (Å²) in [5.41, 5.74) is 3.97. The predicted molar refractivity (Wildman–Crippen MR) is 187 cm³/mol. The smallest absolute Gasteiger partial charge is 0.301 e. The number of carbonyl (C=O) groups is 2. The zero-order valence-corrected chi connectivity index (χ0v) is 28.6. The number of ether oxygens (including phenoxy) is 3. The highest BCUT2D eigenvalue weighted by Crippen LogP contribution is 2.45. The van der Waals surface area contributed by atoms with Gasteiger partial charge in [-0.25, -0.2) is 0 Å². The van der Waals surface area contributed by atoms with E-state index in [0.29, 0.717) is 50.1 Å². The highest BCUT2D eigenvalue weighted by molar-refractivity contribution is 8.00. The van der Waals surface area contributed by atoms with Crippen molar-refractivity contribution < 1.29 is 28.9 Å². The molecule has 12 heteroatoms. The number of ketones is 1. The molecule has 0 aliphatic carbocycles. The molecule has 1 unspecified atom stereocenters. The molecule has 5 aromatic rings. The summed E-state index contributed by atoms with van der Waals surface area (Å²) in [6.45, 7) is 2.39. The third-order valence-electron chi connectivity index (χ3n) is 7.66. The van der Waals surface area contributed by atoms with Crippen LogP contribution in [0.3, 0.4) is 0 Å². The van der Waals surface area contributed by atoms with Crippen LogP contribution in [0.2, 0.25) is 5.02 Å². The molecule has 2 heterocycles. The molecule has 6 rings (SSSR count). The fourth-order valence-electron chi connectivity index (χ4n) is 5.29. The second-order valence-electron chi connectivity index (χ2n) is 10.9. The van der Waals surface area contributed by atoms with E-state index in [9.17, 15) is 14.7 Å². The monoisotopic (exact) mass is 699 g/mol. The Morgan fingerprint density at radius 2 is 1.67 bits per heavy atom. The van der Waals surface area contributed by atoms with Crippen molar-refractivity contribution in [1.82, 2.24) is 10.2 Å². The number of carbonyl (C=O) groups excluding carboxylic acids is 2. The first-order chi connectivity index (χ1) is 23.2. The Kier molecular flexibility index (Phi) is 10.00. The summed E-state index contributed by atoms with van der Waals surface area (Å²) < 4.78 is 17.5. The molecule has 1 amide bonds. The number of thioether (sulfide) groups is 1. The van der Waals surface area contributed by atoms with Gasteiger partial charge in [0, 0.05) is 16.3 Å². The van der Waals surface area contributed by atoms with Gasteiger partial charge in [-0.15, -0.1) is 10.2 Å². The summed E-state index contributed by atoms with van der Waals surface area (Å²) in [7, 11) is 3.01. The van der Waals surface area contributed by atoms with Crippen LogP contribution in [-0.4, -0.2) is 41.2 Å². The van der Waals surface area contributed by atoms with Gasteiger partial charge in [-0.3, -0.25) is 14.5 Å². The van der Waals surface area contributed by atoms with E-state index < -0.39 is 17.7 Å². The summed E-state index contributed by atoms with van der Waals surface area (Å²) >= 11 is 8.64. The van der Waals surface area contributed by atoms with E-state index in [1.54, 1.807) is 42.5 Å². The molecule has 1 aliphatic rings. The predicted octanol–water partition coefficient (Wildman–Crippen LogP) is 8.01. The Bertz CT molecular complexity index is 2000. The van der Waals surface area contributed by atoms with Gasteiger partial charge in [-0.1, -0.05) is 82.7 Å². The van der Waals surface area contributed by atoms with Crippen LogP contribution in [0, 0.1) is 6.92 Å². The Morgan fingerprint density at radius 3 is 2.38 bits per heavy atom. The van der Waals surface area contributed by atoms with Crippen LogP contribution in [0.4, 0.5) is 5.13 Å². The third-order valence-corrected chi connectivity index (χ3v) is 10.0. The normalized spacial score (nSPS) is 15.5. The van der Waals surface area contributed by atoms with Crippen molar-refractivity contribution in [2.45, 2.75) is 29.7 Å². The topological polar surface area (TPSA) is 111 Å². The van der Waals surface area contributed by atoms with Crippen molar-refractivity contribution in [2.24, 2.45) is 0 Å². The third kappa shape index (κ3) is 7.03. The fraction of sp³-hybridized carbons (Fsp3) is 0.167. The maximum Gasteiger partial charge on any atom is 0.301 e. The van der Waals surface area contributed by atoms with Crippen molar-refractivity contribution >= 4 is 57.3 Å². The number of hydrogen-bond acceptors (Lipinski definition) is 10. The molecular weight excluding hydrogens is 670 g/mol. The number of anilines is 1. The molecule has 1 saturated heterocycles. The molecule has 48 heavy (non-hydrogen) atoms. The average Bonchev–Trinajstić information content (AvgIpc) is 3.68. The van der Waals surface area contributed by atoms with E-state index in [2.05, 4.69) is 10.2 Å². The molecule has 4 aromatic carbocycles. The number of methoxy groups -OCH3 is 2. The number of Topliss-reactive ketones (excluding diaryl/α,β-unsaturated/α-hetero) is 1. The summed E-state index contributed by atoms with van der Waals surface area (Å²) in [6, 6.07) is 26.3. The first kappa shape index (κ1) is 33.1. The molecular formula is C36H30ClN3O6S2. The van der Waals surface area contributed by atoms with E-state index in [4.69, 9.17) is 25.8 Å². The van der Waals surface area contributed by atoms with Crippen molar-refractivity contribution in [2.75, 3.05) is 19.1 Å². The number of halogens is 1. The standard InChI is InChI=1S/C36H30ClN3O6S2/c1-21-5-4-6-23(17-21)19-46-27-14-9-24(10-15-27)32(41)30-31(25-11-16-28(44-2)29(18-25)45-3)40(34(43)33(30)42)35-38-39-36(48-35)47-20-22-7-12-26(37)13-8-22/h4-18,31,41H,19-20H2,1-3H3/b32-30+. The minimum atomic E-state index is -1.02. The van der Waals surface area contributed by atoms with Crippen molar-refractivity contribution in [3.8, 4) is 17.2 Å². The molecule has 1 aliphatic heterocycles. The quantitative estimate of drug-likeness (QED) is 0.0482. The van der Waals surface area contributed by atoms with Crippen LogP contribution in [-0.2, 0) is 21.9 Å². The number of benzene rings is 4. The van der Waals surface area contributed by atoms with Gasteiger partial charge in [-0.05, 0) is 72.1 Å². The number of aryl methyl sites for hydroxylation is 1. The Hall–Kier alpha value is -4.84. The minimum absolute atomic E-state index is 0.0915. The second kappa shape index (κ2) is 14.5. The molecule has 1 atom stereocenters. The SMILES string of the molecule is COc1ccc(C2/C(=C(\O)c3ccc(OCc4cccc(C)c4)cc3)C(=O)C(=O)N2c2nnc(SCc3ccc(Cl)cc3)s2)cc1OC. The fourth-order valence-corrected chi connectivity index (χ4v) is 7.23. The van der Waals surface area contributed by atoms with Crippen molar-refractivity contribution in [1.29, 1.82) is 0 Å². The Balaban J connectivity index is 1.33. The number of aliphatic hydroxyl groups excluding tert-OH is 1. The van der Waals surface area contributed by atoms with Gasteiger partial charge >= 0.3 is 5.91 Å². The lowest BCUT2D eigenvalue weighted by molar-refractivity contribution is -0.132. The average molecular weight is 700 g/mol. The van der Waals surface area contributed by atoms with Crippen LogP contribution in [0.1, 0.15) is 33.9 Å². The van der Waals surface area contributed by atoms with Crippen molar-refractivity contribution in [3.05, 3.63) is 129 Å². The highest BCUT2D eigenvalue weighted by Gasteiger charge is 2.48. The minimum Gasteiger partial charge on any atom is -0.507 e. The van der Waals surface area contributed by atoms with Gasteiger partial charge in [0.25, 0.3) is 5.78 Å². The maximum atomic E-state index is 13.7. The molecule has 0 spiro atoms. The van der Waals surface area contributed by atoms with Gasteiger partial charge in [-0.2, -0.15) is 0 Å². The summed E-state index contributed by atoms with van der Waals surface area (Å²) in [6.07, 6.45) is 0. The molecule has 1 fully saturated rings. The van der Waals surface area contributed by atoms with Gasteiger partial charge in [0.2, 0.25) is 5.13 Å². The van der Waals surface area contributed by atoms with Crippen molar-refractivity contribution in [3.63, 3.8) is 0 Å². The number of hydrogen-bond donors (Lipinski definition) is 1. The number of aromatic nitrogens is 2. The first-order valence-corrected chi connectivity index (χ1v) is 17.0. The van der Waals surface area contributed by atoms with Gasteiger partial charge in [0.1, 0.15) is 18.1 Å². The van der Waals surface area contributed by atoms with Gasteiger partial charge in [0.05, 0.1) is 25.8 Å². The lowest BCUT2D eigenvalue weighted by Gasteiger charge is -2.23. The van der Waals surface area contributed by atoms with E-state index in [-0.39, 0.29) is 16.5 Å². The van der Waals surface area contributed by atoms with Gasteiger partial charge in [0.15, 0.2) is 15.8 Å². The zero-order valence-electron chi connectivity index (χ0n) is 26.2. The lowest BCUT2D eigenvalue weighted by Crippen LogP contribution is -2.29. The molecule has 0 bridgehead atoms. The van der Waals surface area contributed by atoms with E-state index in [0.717, 1.165) is 16.7 Å². The summed E-state index contributed by atoms with van der Waals surface area (Å²) in [5, 5.41) is 21.1. The van der Waals surface area contributed by atoms with E-state index >= 15 is 0 Å². The largest absolute Gasteiger partial charge is 0.507 e. The molecule has 0 radical (unpaired) electrons. The number of rotatable bonds is 11. The van der Waals surface area contributed by atoms with Crippen LogP contribution >= 0.6 is 34.7 Å². The molecule has 244 valence electrons. The number of aliphatic hydroxyl groups is 1. The van der Waals surface area contributed by atoms with Crippen LogP contribution in [0.25, 0.3) is 5.76 Å². The summed E-state index contributed by atoms with van der Waals surface area (Å²) in [5.74, 6) is 0.0417. The molecule has 9 nitrogen and oxygen atoms in total. The van der Waals surface area contributed by atoms with Crippen LogP contribution in [0.15, 0.2) is 101 Å². The van der Waals surface area contributed by atoms with Crippen LogP contribution < -0.4 is 19.1 Å². The Morgan fingerprint density at radius 1 is 0.917 bits per heavy atom. The molecule has 0 saturated carbocycles. The number of amides is 1. The zero-order chi connectivity index (χ0) is 33.8. The van der Waals surface area contributed by atoms with E-state index in [1.165, 1.54) is 42.2 Å².